The third-order valence-electron chi connectivity index (χ3n) is 3.14. The molecule has 2 nitrogen and oxygen atoms in total. The maximum atomic E-state index is 11.1. The van der Waals surface area contributed by atoms with Crippen LogP contribution in [0.3, 0.4) is 0 Å². The number of aldehydes is 1. The Kier molecular flexibility index (Phi) is 8.05. The predicted octanol–water partition coefficient (Wildman–Crippen LogP) is 5.23. The Morgan fingerprint density at radius 1 is 1.25 bits per heavy atom. The molecule has 1 rings (SSSR count). The molecule has 0 amide bonds. The Bertz CT molecular complexity index is 441. The molecule has 0 bridgehead atoms. The Labute approximate surface area is 126 Å². The van der Waals surface area contributed by atoms with Crippen molar-refractivity contribution in [2.45, 2.75) is 45.4 Å². The average Bonchev–Trinajstić information content (AvgIpc) is 2.44. The fourth-order valence-electron chi connectivity index (χ4n) is 2.12. The summed E-state index contributed by atoms with van der Waals surface area (Å²) in [6, 6.07) is 3.48. The zero-order valence-corrected chi connectivity index (χ0v) is 12.9. The van der Waals surface area contributed by atoms with Crippen LogP contribution < -0.4 is 4.74 Å². The van der Waals surface area contributed by atoms with E-state index in [-0.39, 0.29) is 0 Å². The molecule has 0 aromatic heterocycles. The molecule has 3 heteroatoms. The van der Waals surface area contributed by atoms with Crippen molar-refractivity contribution in [1.82, 2.24) is 0 Å². The summed E-state index contributed by atoms with van der Waals surface area (Å²) in [6.45, 7) is 6.56. The lowest BCUT2D eigenvalue weighted by atomic mass is 10.1. The second-order valence-electron chi connectivity index (χ2n) is 4.86. The minimum atomic E-state index is 0.517. The van der Waals surface area contributed by atoms with Gasteiger partial charge in [-0.2, -0.15) is 0 Å². The highest BCUT2D eigenvalue weighted by atomic mass is 35.5. The second-order valence-corrected chi connectivity index (χ2v) is 5.29. The van der Waals surface area contributed by atoms with Gasteiger partial charge >= 0.3 is 0 Å². The first-order valence-corrected chi connectivity index (χ1v) is 7.62. The highest BCUT2D eigenvalue weighted by molar-refractivity contribution is 6.31. The van der Waals surface area contributed by atoms with E-state index < -0.39 is 0 Å². The average molecular weight is 295 g/mol. The van der Waals surface area contributed by atoms with Crippen molar-refractivity contribution in [2.24, 2.45) is 0 Å². The van der Waals surface area contributed by atoms with Gasteiger partial charge in [0.05, 0.1) is 12.2 Å². The summed E-state index contributed by atoms with van der Waals surface area (Å²) in [6.07, 6.45) is 9.13. The van der Waals surface area contributed by atoms with Gasteiger partial charge in [-0.1, -0.05) is 50.3 Å². The lowest BCUT2D eigenvalue weighted by Crippen LogP contribution is -2.03. The van der Waals surface area contributed by atoms with Crippen LogP contribution in [0.1, 0.15) is 54.9 Å². The SMILES string of the molecule is C=CCc1cc(Cl)cc(C=O)c1OCCCCCCC. The molecule has 0 unspecified atom stereocenters. The van der Waals surface area contributed by atoms with Crippen molar-refractivity contribution in [3.05, 3.63) is 40.9 Å². The van der Waals surface area contributed by atoms with Gasteiger partial charge in [-0.25, -0.2) is 0 Å². The molecule has 0 fully saturated rings. The van der Waals surface area contributed by atoms with E-state index in [4.69, 9.17) is 16.3 Å². The number of ether oxygens (including phenoxy) is 1. The Hall–Kier alpha value is -1.28. The minimum absolute atomic E-state index is 0.517. The molecule has 0 atom stereocenters. The van der Waals surface area contributed by atoms with E-state index in [0.717, 1.165) is 24.7 Å². The maximum Gasteiger partial charge on any atom is 0.153 e. The molecule has 0 aliphatic heterocycles. The molecule has 0 saturated heterocycles. The van der Waals surface area contributed by atoms with Crippen LogP contribution >= 0.6 is 11.6 Å². The highest BCUT2D eigenvalue weighted by Crippen LogP contribution is 2.28. The summed E-state index contributed by atoms with van der Waals surface area (Å²) in [5, 5.41) is 0.555. The summed E-state index contributed by atoms with van der Waals surface area (Å²) < 4.78 is 5.81. The smallest absolute Gasteiger partial charge is 0.153 e. The topological polar surface area (TPSA) is 26.3 Å². The molecule has 1 aromatic rings. The normalized spacial score (nSPS) is 10.3. The number of carbonyl (C=O) groups excluding carboxylic acids is 1. The molecule has 0 heterocycles. The van der Waals surface area contributed by atoms with Crippen molar-refractivity contribution in [3.8, 4) is 5.75 Å². The molecule has 0 N–H and O–H groups in total. The number of hydrogen-bond donors (Lipinski definition) is 0. The summed E-state index contributed by atoms with van der Waals surface area (Å²) in [4.78, 5) is 11.1. The first kappa shape index (κ1) is 16.8. The van der Waals surface area contributed by atoms with Crippen LogP contribution in [0, 0.1) is 0 Å². The number of rotatable bonds is 10. The van der Waals surface area contributed by atoms with Crippen LogP contribution in [-0.4, -0.2) is 12.9 Å². The fourth-order valence-corrected chi connectivity index (χ4v) is 2.37. The molecule has 0 aliphatic carbocycles. The Morgan fingerprint density at radius 2 is 2.00 bits per heavy atom. The van der Waals surface area contributed by atoms with Crippen LogP contribution in [0.15, 0.2) is 24.8 Å². The van der Waals surface area contributed by atoms with Crippen molar-refractivity contribution in [3.63, 3.8) is 0 Å². The van der Waals surface area contributed by atoms with E-state index in [2.05, 4.69) is 13.5 Å². The van der Waals surface area contributed by atoms with E-state index in [0.29, 0.717) is 29.4 Å². The number of halogens is 1. The van der Waals surface area contributed by atoms with Crippen molar-refractivity contribution in [2.75, 3.05) is 6.61 Å². The van der Waals surface area contributed by atoms with E-state index in [1.807, 2.05) is 6.07 Å². The predicted molar refractivity (Wildman–Crippen MR) is 85.0 cm³/mol. The molecule has 0 saturated carbocycles. The lowest BCUT2D eigenvalue weighted by molar-refractivity contribution is 0.111. The fraction of sp³-hybridized carbons (Fsp3) is 0.471. The van der Waals surface area contributed by atoms with Gasteiger partial charge in [-0.15, -0.1) is 6.58 Å². The third-order valence-corrected chi connectivity index (χ3v) is 3.36. The zero-order chi connectivity index (χ0) is 14.8. The monoisotopic (exact) mass is 294 g/mol. The van der Waals surface area contributed by atoms with Crippen molar-refractivity contribution < 1.29 is 9.53 Å². The van der Waals surface area contributed by atoms with Gasteiger partial charge in [0.25, 0.3) is 0 Å². The molecule has 0 radical (unpaired) electrons. The summed E-state index contributed by atoms with van der Waals surface area (Å²) in [7, 11) is 0. The molecule has 110 valence electrons. The minimum Gasteiger partial charge on any atom is -0.493 e. The van der Waals surface area contributed by atoms with E-state index in [1.54, 1.807) is 12.1 Å². The molecule has 1 aromatic carbocycles. The summed E-state index contributed by atoms with van der Waals surface area (Å²) in [5.41, 5.74) is 1.44. The van der Waals surface area contributed by atoms with Gasteiger partial charge in [0, 0.05) is 10.6 Å². The molecule has 0 aliphatic rings. The third kappa shape index (κ3) is 5.38. The van der Waals surface area contributed by atoms with E-state index in [1.165, 1.54) is 19.3 Å². The number of allylic oxidation sites excluding steroid dienone is 1. The van der Waals surface area contributed by atoms with Gasteiger partial charge in [0.1, 0.15) is 5.75 Å². The van der Waals surface area contributed by atoms with Crippen LogP contribution in [0.4, 0.5) is 0 Å². The first-order chi connectivity index (χ1) is 9.72. The van der Waals surface area contributed by atoms with Gasteiger partial charge in [0.2, 0.25) is 0 Å². The second kappa shape index (κ2) is 9.60. The Morgan fingerprint density at radius 3 is 2.65 bits per heavy atom. The van der Waals surface area contributed by atoms with Gasteiger partial charge in [-0.05, 0) is 25.0 Å². The number of unbranched alkanes of at least 4 members (excludes halogenated alkanes) is 4. The van der Waals surface area contributed by atoms with Gasteiger partial charge < -0.3 is 4.74 Å². The highest BCUT2D eigenvalue weighted by Gasteiger charge is 2.10. The summed E-state index contributed by atoms with van der Waals surface area (Å²) in [5.74, 6) is 0.653. The molecular weight excluding hydrogens is 272 g/mol. The number of benzene rings is 1. The largest absolute Gasteiger partial charge is 0.493 e. The van der Waals surface area contributed by atoms with Gasteiger partial charge in [0.15, 0.2) is 6.29 Å². The molecular formula is C17H23ClO2. The first-order valence-electron chi connectivity index (χ1n) is 7.24. The van der Waals surface area contributed by atoms with E-state index in [9.17, 15) is 4.79 Å². The van der Waals surface area contributed by atoms with Gasteiger partial charge in [-0.3, -0.25) is 4.79 Å². The lowest BCUT2D eigenvalue weighted by Gasteiger charge is -2.13. The standard InChI is InChI=1S/C17H23ClO2/c1-3-5-6-7-8-10-20-17-14(9-4-2)11-16(18)12-15(17)13-19/h4,11-13H,2-3,5-10H2,1H3. The van der Waals surface area contributed by atoms with Crippen LogP contribution in [0.5, 0.6) is 5.75 Å². The van der Waals surface area contributed by atoms with Crippen LogP contribution in [0.2, 0.25) is 5.02 Å². The van der Waals surface area contributed by atoms with Crippen LogP contribution in [0.25, 0.3) is 0 Å². The quantitative estimate of drug-likeness (QED) is 0.335. The van der Waals surface area contributed by atoms with E-state index >= 15 is 0 Å². The molecule has 20 heavy (non-hydrogen) atoms. The molecule has 0 spiro atoms. The zero-order valence-electron chi connectivity index (χ0n) is 12.2. The van der Waals surface area contributed by atoms with Crippen molar-refractivity contribution in [1.29, 1.82) is 0 Å². The number of carbonyl (C=O) groups is 1. The Balaban J connectivity index is 2.66. The van der Waals surface area contributed by atoms with Crippen molar-refractivity contribution >= 4 is 17.9 Å². The maximum absolute atomic E-state index is 11.1. The van der Waals surface area contributed by atoms with Crippen LogP contribution in [-0.2, 0) is 6.42 Å². The summed E-state index contributed by atoms with van der Waals surface area (Å²) >= 11 is 6.01. The number of hydrogen-bond acceptors (Lipinski definition) is 2.